The van der Waals surface area contributed by atoms with E-state index in [2.05, 4.69) is 19.4 Å². The molecule has 0 atom stereocenters. The van der Waals surface area contributed by atoms with Crippen molar-refractivity contribution >= 4 is 11.8 Å². The third-order valence-corrected chi connectivity index (χ3v) is 7.93. The van der Waals surface area contributed by atoms with E-state index in [4.69, 9.17) is 0 Å². The molecule has 0 N–H and O–H groups in total. The highest BCUT2D eigenvalue weighted by Gasteiger charge is 2.82. The number of rotatable bonds is 15. The number of hydrogen-bond acceptors (Lipinski definition) is 5. The van der Waals surface area contributed by atoms with E-state index in [1.54, 1.807) is 0 Å². The molecule has 0 spiro atoms. The Hall–Kier alpha value is -4.07. The summed E-state index contributed by atoms with van der Waals surface area (Å²) in [4.78, 5) is 4.63. The molecule has 0 unspecified atom stereocenters. The van der Waals surface area contributed by atoms with Crippen LogP contribution in [0.2, 0.25) is 0 Å². The Bertz CT molecular complexity index is 1730. The number of alkyl halides is 18. The second kappa shape index (κ2) is 15.1. The van der Waals surface area contributed by atoms with E-state index in [1.165, 1.54) is 30.3 Å². The first-order valence-corrected chi connectivity index (χ1v) is 14.7. The first-order chi connectivity index (χ1) is 24.7. The molecule has 0 aliphatic carbocycles. The van der Waals surface area contributed by atoms with Crippen molar-refractivity contribution in [3.63, 3.8) is 0 Å². The molecule has 2 aromatic carbocycles. The maximum absolute atomic E-state index is 15.2. The average molecular weight is 860 g/mol. The zero-order valence-electron chi connectivity index (χ0n) is 25.7. The van der Waals surface area contributed by atoms with Gasteiger partial charge in [-0.25, -0.2) is 17.6 Å². The minimum Gasteiger partial charge on any atom is -0.477 e. The van der Waals surface area contributed by atoms with Crippen LogP contribution in [0.15, 0.2) is 46.2 Å². The van der Waals surface area contributed by atoms with Gasteiger partial charge in [-0.05, 0) is 12.1 Å². The van der Waals surface area contributed by atoms with Crippen molar-refractivity contribution in [3.8, 4) is 23.1 Å². The first kappa shape index (κ1) is 45.3. The van der Waals surface area contributed by atoms with E-state index in [0.717, 1.165) is 0 Å². The molecule has 0 fully saturated rings. The Morgan fingerprint density at radius 2 is 0.927 bits per heavy atom. The largest absolute Gasteiger partial charge is 0.477 e. The average Bonchev–Trinajstić information content (AvgIpc) is 3.05. The zero-order valence-corrected chi connectivity index (χ0v) is 26.5. The lowest BCUT2D eigenvalue weighted by atomic mass is 10.0. The van der Waals surface area contributed by atoms with Crippen molar-refractivity contribution < 1.29 is 106 Å². The summed E-state index contributed by atoms with van der Waals surface area (Å²) >= 11 is 0.0919. The summed E-state index contributed by atoms with van der Waals surface area (Å²) in [6, 6.07) is 4.64. The topological polar surface area (TPSA) is 44.2 Å². The molecule has 1 heterocycles. The molecule has 27 heteroatoms. The molecule has 0 radical (unpaired) electrons. The number of benzene rings is 2. The van der Waals surface area contributed by atoms with Gasteiger partial charge in [0, 0.05) is 11.0 Å². The predicted octanol–water partition coefficient (Wildman–Crippen LogP) is 11.3. The van der Waals surface area contributed by atoms with Crippen LogP contribution in [0.4, 0.5) is 96.6 Å². The van der Waals surface area contributed by atoms with E-state index >= 15 is 17.6 Å². The number of halogens is 22. The van der Waals surface area contributed by atoms with Gasteiger partial charge in [-0.2, -0.15) is 89.0 Å². The number of aromatic nitrogens is 2. The van der Waals surface area contributed by atoms with E-state index in [9.17, 15) is 79.0 Å². The van der Waals surface area contributed by atoms with Gasteiger partial charge in [0.05, 0.1) is 42.2 Å². The predicted molar refractivity (Wildman–Crippen MR) is 140 cm³/mol. The Kier molecular flexibility index (Phi) is 12.5. The lowest BCUT2D eigenvalue weighted by molar-refractivity contribution is -0.397. The van der Waals surface area contributed by atoms with Gasteiger partial charge in [0.15, 0.2) is 23.3 Å². The molecule has 3 aromatic rings. The van der Waals surface area contributed by atoms with E-state index in [0.29, 0.717) is 0 Å². The quantitative estimate of drug-likeness (QED) is 0.113. The minimum atomic E-state index is -7.38. The van der Waals surface area contributed by atoms with Gasteiger partial charge in [0.1, 0.15) is 0 Å². The van der Waals surface area contributed by atoms with Crippen LogP contribution in [0.25, 0.3) is 11.3 Å². The van der Waals surface area contributed by atoms with Crippen molar-refractivity contribution in [1.29, 1.82) is 0 Å². The normalized spacial score (nSPS) is 14.0. The second-order valence-electron chi connectivity index (χ2n) is 10.6. The number of hydrogen-bond donors (Lipinski definition) is 0. The lowest BCUT2D eigenvalue weighted by Gasteiger charge is -2.33. The molecule has 1 aromatic heterocycles. The summed E-state index contributed by atoms with van der Waals surface area (Å²) in [6.07, 6.45) is -20.1. The van der Waals surface area contributed by atoms with Crippen LogP contribution in [-0.2, 0) is 0 Å². The number of ether oxygens (including phenoxy) is 2. The molecule has 308 valence electrons. The van der Waals surface area contributed by atoms with Crippen LogP contribution < -0.4 is 9.47 Å². The monoisotopic (exact) mass is 860 g/mol. The molecule has 4 nitrogen and oxygen atoms in total. The molecular formula is C28H14F22N2O2S. The molecule has 0 aliphatic heterocycles. The minimum absolute atomic E-state index is 0.0222. The molecule has 0 amide bonds. The van der Waals surface area contributed by atoms with Crippen LogP contribution in [0.1, 0.15) is 12.8 Å². The van der Waals surface area contributed by atoms with Gasteiger partial charge in [-0.1, -0.05) is 30.0 Å². The summed E-state index contributed by atoms with van der Waals surface area (Å²) in [5.74, 6) is -52.5. The van der Waals surface area contributed by atoms with Crippen molar-refractivity contribution in [2.24, 2.45) is 0 Å². The maximum atomic E-state index is 15.2. The molecule has 0 saturated heterocycles. The number of nitrogens with zero attached hydrogens (tertiary/aromatic N) is 2. The Morgan fingerprint density at radius 3 is 1.35 bits per heavy atom. The third kappa shape index (κ3) is 8.53. The standard InChI is InChI=1S/C28H14F22N2O2S/c29-15-14(16(30)18(32)19(17(15)31)55-11-4-2-1-3-5-11)12-10-13(53-8-6-21(33,34)23(37,38)25(41,42)27(45,46)47)52-20(51-12)54-9-7-22(35,36)24(39,40)26(43,44)28(48,49)50/h1-5,10H,6-9H2. The summed E-state index contributed by atoms with van der Waals surface area (Å²) in [7, 11) is 0. The van der Waals surface area contributed by atoms with Crippen LogP contribution in [0.5, 0.6) is 11.9 Å². The second-order valence-corrected chi connectivity index (χ2v) is 11.7. The first-order valence-electron chi connectivity index (χ1n) is 13.9. The fraction of sp³-hybridized carbons (Fsp3) is 0.429. The SMILES string of the molecule is Fc1c(F)c(-c2cc(OCCC(F)(F)C(F)(F)C(F)(F)C(F)(F)F)nc(OCCC(F)(F)C(F)(F)C(F)(F)C(F)(F)F)n2)c(F)c(F)c1Sc1ccccc1. The van der Waals surface area contributed by atoms with Crippen molar-refractivity contribution in [2.45, 2.75) is 70.5 Å². The molecule has 0 aliphatic rings. The third-order valence-electron chi connectivity index (χ3n) is 6.86. The highest BCUT2D eigenvalue weighted by Crippen LogP contribution is 2.55. The van der Waals surface area contributed by atoms with Gasteiger partial charge in [-0.3, -0.25) is 0 Å². The van der Waals surface area contributed by atoms with E-state index < -0.39 is 125 Å². The highest BCUT2D eigenvalue weighted by molar-refractivity contribution is 7.99. The van der Waals surface area contributed by atoms with Crippen LogP contribution in [0.3, 0.4) is 0 Å². The smallest absolute Gasteiger partial charge is 0.460 e. The Morgan fingerprint density at radius 1 is 0.509 bits per heavy atom. The van der Waals surface area contributed by atoms with Gasteiger partial charge in [0.25, 0.3) is 0 Å². The summed E-state index contributed by atoms with van der Waals surface area (Å²) < 4.78 is 307. The summed E-state index contributed by atoms with van der Waals surface area (Å²) in [6.45, 7) is -4.28. The Balaban J connectivity index is 2.05. The van der Waals surface area contributed by atoms with Gasteiger partial charge >= 0.3 is 53.9 Å². The lowest BCUT2D eigenvalue weighted by Crippen LogP contribution is -2.61. The maximum Gasteiger partial charge on any atom is 0.460 e. The van der Waals surface area contributed by atoms with Gasteiger partial charge in [0.2, 0.25) is 5.88 Å². The van der Waals surface area contributed by atoms with Crippen molar-refractivity contribution in [3.05, 3.63) is 59.7 Å². The van der Waals surface area contributed by atoms with Crippen LogP contribution >= 0.6 is 11.8 Å². The van der Waals surface area contributed by atoms with Crippen molar-refractivity contribution in [2.75, 3.05) is 13.2 Å². The molecular weight excluding hydrogens is 846 g/mol. The van der Waals surface area contributed by atoms with Gasteiger partial charge < -0.3 is 9.47 Å². The summed E-state index contributed by atoms with van der Waals surface area (Å²) in [5.41, 5.74) is -3.53. The fourth-order valence-electron chi connectivity index (χ4n) is 3.89. The van der Waals surface area contributed by atoms with Crippen LogP contribution in [-0.4, -0.2) is 71.1 Å². The van der Waals surface area contributed by atoms with Crippen LogP contribution in [0, 0.1) is 23.3 Å². The molecule has 55 heavy (non-hydrogen) atoms. The van der Waals surface area contributed by atoms with Gasteiger partial charge in [-0.15, -0.1) is 0 Å². The highest BCUT2D eigenvalue weighted by atomic mass is 32.2. The van der Waals surface area contributed by atoms with E-state index in [1.807, 2.05) is 0 Å². The molecule has 0 bridgehead atoms. The van der Waals surface area contributed by atoms with Crippen molar-refractivity contribution in [1.82, 2.24) is 9.97 Å². The molecule has 3 rings (SSSR count). The zero-order chi connectivity index (χ0) is 42.4. The Labute approximate surface area is 294 Å². The summed E-state index contributed by atoms with van der Waals surface area (Å²) in [5, 5.41) is 0. The fourth-order valence-corrected chi connectivity index (χ4v) is 4.77. The van der Waals surface area contributed by atoms with E-state index in [-0.39, 0.29) is 22.7 Å². The molecule has 0 saturated carbocycles.